The largest absolute Gasteiger partial charge is 0.487 e. The molecular weight excluding hydrogens is 316 g/mol. The Hall–Kier alpha value is -1.66. The van der Waals surface area contributed by atoms with Crippen molar-refractivity contribution in [3.05, 3.63) is 24.5 Å². The number of rotatable bonds is 4. The van der Waals surface area contributed by atoms with Crippen molar-refractivity contribution in [1.82, 2.24) is 20.1 Å². The Morgan fingerprint density at radius 3 is 2.88 bits per heavy atom. The SMILES string of the molecule is O=C([C@H]1C[C@H](Oc2cccnc2)CN1)N1CCCN(C2CCC2)CC1. The van der Waals surface area contributed by atoms with E-state index in [1.54, 1.807) is 12.4 Å². The first-order chi connectivity index (χ1) is 12.3. The number of hydrogen-bond donors (Lipinski definition) is 1. The highest BCUT2D eigenvalue weighted by molar-refractivity contribution is 5.82. The van der Waals surface area contributed by atoms with E-state index in [0.717, 1.165) is 50.8 Å². The zero-order valence-corrected chi connectivity index (χ0v) is 14.8. The van der Waals surface area contributed by atoms with Gasteiger partial charge in [-0.05, 0) is 31.4 Å². The number of ether oxygens (including phenoxy) is 1. The van der Waals surface area contributed by atoms with E-state index in [4.69, 9.17) is 4.74 Å². The minimum atomic E-state index is -0.114. The van der Waals surface area contributed by atoms with Crippen LogP contribution in [0, 0.1) is 0 Å². The van der Waals surface area contributed by atoms with Gasteiger partial charge < -0.3 is 15.0 Å². The fraction of sp³-hybridized carbons (Fsp3) is 0.684. The van der Waals surface area contributed by atoms with E-state index in [0.29, 0.717) is 6.54 Å². The fourth-order valence-corrected chi connectivity index (χ4v) is 4.09. The molecule has 6 heteroatoms. The standard InChI is InChI=1S/C19H28N4O2/c24-19(23-9-3-8-22(10-11-23)15-4-1-5-15)18-12-17(14-21-18)25-16-6-2-7-20-13-16/h2,6-7,13,15,17-18,21H,1,3-5,8-12,14H2/t17-,18+/m0/s1. The number of pyridine rings is 1. The Morgan fingerprint density at radius 2 is 2.12 bits per heavy atom. The zero-order chi connectivity index (χ0) is 17.1. The van der Waals surface area contributed by atoms with Gasteiger partial charge in [0.15, 0.2) is 0 Å². The smallest absolute Gasteiger partial charge is 0.239 e. The van der Waals surface area contributed by atoms with E-state index in [-0.39, 0.29) is 18.1 Å². The van der Waals surface area contributed by atoms with Crippen LogP contribution >= 0.6 is 0 Å². The highest BCUT2D eigenvalue weighted by Crippen LogP contribution is 2.26. The van der Waals surface area contributed by atoms with Crippen LogP contribution in [-0.2, 0) is 4.79 Å². The van der Waals surface area contributed by atoms with Crippen molar-refractivity contribution in [2.24, 2.45) is 0 Å². The number of nitrogens with zero attached hydrogens (tertiary/aromatic N) is 3. The van der Waals surface area contributed by atoms with Crippen LogP contribution in [0.1, 0.15) is 32.1 Å². The molecule has 136 valence electrons. The molecule has 0 radical (unpaired) electrons. The third-order valence-electron chi connectivity index (χ3n) is 5.76. The molecule has 1 aromatic heterocycles. The number of aromatic nitrogens is 1. The fourth-order valence-electron chi connectivity index (χ4n) is 4.09. The maximum atomic E-state index is 12.9. The zero-order valence-electron chi connectivity index (χ0n) is 14.8. The lowest BCUT2D eigenvalue weighted by Gasteiger charge is -2.36. The van der Waals surface area contributed by atoms with Crippen molar-refractivity contribution in [3.63, 3.8) is 0 Å². The molecule has 6 nitrogen and oxygen atoms in total. The molecule has 3 aliphatic rings. The van der Waals surface area contributed by atoms with E-state index in [1.807, 2.05) is 12.1 Å². The van der Waals surface area contributed by atoms with Crippen molar-refractivity contribution in [1.29, 1.82) is 0 Å². The van der Waals surface area contributed by atoms with Gasteiger partial charge in [0.2, 0.25) is 5.91 Å². The minimum Gasteiger partial charge on any atom is -0.487 e. The molecule has 2 aliphatic heterocycles. The van der Waals surface area contributed by atoms with Gasteiger partial charge >= 0.3 is 0 Å². The Labute approximate surface area is 149 Å². The van der Waals surface area contributed by atoms with Crippen molar-refractivity contribution in [2.75, 3.05) is 32.7 Å². The molecule has 0 spiro atoms. The normalized spacial score (nSPS) is 28.4. The predicted octanol–water partition coefficient (Wildman–Crippen LogP) is 1.28. The van der Waals surface area contributed by atoms with Gasteiger partial charge in [-0.15, -0.1) is 0 Å². The summed E-state index contributed by atoms with van der Waals surface area (Å²) < 4.78 is 5.93. The molecule has 3 heterocycles. The van der Waals surface area contributed by atoms with Crippen LogP contribution in [0.4, 0.5) is 0 Å². The van der Waals surface area contributed by atoms with Gasteiger partial charge in [0.1, 0.15) is 11.9 Å². The summed E-state index contributed by atoms with van der Waals surface area (Å²) in [5.74, 6) is 1.01. The molecule has 0 aromatic carbocycles. The number of carbonyl (C=O) groups is 1. The number of amides is 1. The third kappa shape index (κ3) is 3.96. The highest BCUT2D eigenvalue weighted by atomic mass is 16.5. The van der Waals surface area contributed by atoms with Gasteiger partial charge in [0, 0.05) is 51.4 Å². The molecule has 3 fully saturated rings. The van der Waals surface area contributed by atoms with Crippen LogP contribution in [0.5, 0.6) is 5.75 Å². The van der Waals surface area contributed by atoms with E-state index >= 15 is 0 Å². The molecule has 1 aromatic rings. The Bertz CT molecular complexity index is 578. The van der Waals surface area contributed by atoms with Gasteiger partial charge in [-0.25, -0.2) is 0 Å². The molecular formula is C19H28N4O2. The van der Waals surface area contributed by atoms with Crippen LogP contribution in [0.25, 0.3) is 0 Å². The van der Waals surface area contributed by atoms with Gasteiger partial charge in [-0.2, -0.15) is 0 Å². The van der Waals surface area contributed by atoms with Crippen LogP contribution in [0.15, 0.2) is 24.5 Å². The Balaban J connectivity index is 1.28. The summed E-state index contributed by atoms with van der Waals surface area (Å²) in [5, 5.41) is 3.35. The average Bonchev–Trinajstić information content (AvgIpc) is 2.91. The molecule has 1 aliphatic carbocycles. The second kappa shape index (κ2) is 7.70. The van der Waals surface area contributed by atoms with Crippen molar-refractivity contribution < 1.29 is 9.53 Å². The topological polar surface area (TPSA) is 57.7 Å². The monoisotopic (exact) mass is 344 g/mol. The van der Waals surface area contributed by atoms with Crippen LogP contribution in [-0.4, -0.2) is 71.6 Å². The highest BCUT2D eigenvalue weighted by Gasteiger charge is 2.35. The first kappa shape index (κ1) is 16.8. The predicted molar refractivity (Wildman–Crippen MR) is 95.5 cm³/mol. The molecule has 2 saturated heterocycles. The lowest BCUT2D eigenvalue weighted by atomic mass is 9.91. The molecule has 1 saturated carbocycles. The van der Waals surface area contributed by atoms with E-state index in [9.17, 15) is 4.79 Å². The maximum Gasteiger partial charge on any atom is 0.239 e. The third-order valence-corrected chi connectivity index (χ3v) is 5.76. The minimum absolute atomic E-state index is 0.0385. The van der Waals surface area contributed by atoms with Gasteiger partial charge in [0.05, 0.1) is 12.2 Å². The number of hydrogen-bond acceptors (Lipinski definition) is 5. The van der Waals surface area contributed by atoms with Crippen LogP contribution in [0.2, 0.25) is 0 Å². The lowest BCUT2D eigenvalue weighted by Crippen LogP contribution is -2.46. The molecule has 4 rings (SSSR count). The average molecular weight is 344 g/mol. The quantitative estimate of drug-likeness (QED) is 0.892. The summed E-state index contributed by atoms with van der Waals surface area (Å²) in [6.07, 6.45) is 9.36. The summed E-state index contributed by atoms with van der Waals surface area (Å²) in [5.41, 5.74) is 0. The Kier molecular flexibility index (Phi) is 5.17. The van der Waals surface area contributed by atoms with Crippen molar-refractivity contribution >= 4 is 5.91 Å². The van der Waals surface area contributed by atoms with Crippen molar-refractivity contribution in [2.45, 2.75) is 50.3 Å². The van der Waals surface area contributed by atoms with Gasteiger partial charge in [0.25, 0.3) is 0 Å². The summed E-state index contributed by atoms with van der Waals surface area (Å²) in [6, 6.07) is 4.44. The summed E-state index contributed by atoms with van der Waals surface area (Å²) in [7, 11) is 0. The van der Waals surface area contributed by atoms with Gasteiger partial charge in [-0.1, -0.05) is 6.42 Å². The lowest BCUT2D eigenvalue weighted by molar-refractivity contribution is -0.133. The maximum absolute atomic E-state index is 12.9. The van der Waals surface area contributed by atoms with E-state index in [2.05, 4.69) is 20.1 Å². The second-order valence-corrected chi connectivity index (χ2v) is 7.42. The summed E-state index contributed by atoms with van der Waals surface area (Å²) in [4.78, 5) is 21.6. The summed E-state index contributed by atoms with van der Waals surface area (Å²) in [6.45, 7) is 4.63. The second-order valence-electron chi connectivity index (χ2n) is 7.42. The molecule has 0 unspecified atom stereocenters. The molecule has 25 heavy (non-hydrogen) atoms. The summed E-state index contributed by atoms with van der Waals surface area (Å²) >= 11 is 0. The number of nitrogens with one attached hydrogen (secondary N) is 1. The van der Waals surface area contributed by atoms with E-state index < -0.39 is 0 Å². The van der Waals surface area contributed by atoms with Crippen molar-refractivity contribution in [3.8, 4) is 5.75 Å². The van der Waals surface area contributed by atoms with Crippen LogP contribution < -0.4 is 10.1 Å². The van der Waals surface area contributed by atoms with E-state index in [1.165, 1.54) is 19.3 Å². The first-order valence-corrected chi connectivity index (χ1v) is 9.62. The first-order valence-electron chi connectivity index (χ1n) is 9.62. The van der Waals surface area contributed by atoms with Crippen LogP contribution in [0.3, 0.4) is 0 Å². The number of carbonyl (C=O) groups excluding carboxylic acids is 1. The molecule has 1 amide bonds. The molecule has 1 N–H and O–H groups in total. The molecule has 0 bridgehead atoms. The molecule has 2 atom stereocenters. The Morgan fingerprint density at radius 1 is 1.20 bits per heavy atom. The van der Waals surface area contributed by atoms with Gasteiger partial charge in [-0.3, -0.25) is 14.7 Å².